The molecule has 18 heavy (non-hydrogen) atoms. The Morgan fingerprint density at radius 2 is 2.17 bits per heavy atom. The minimum atomic E-state index is -0.818. The Balaban J connectivity index is 1.93. The lowest BCUT2D eigenvalue weighted by atomic mass is 10.1. The standard InChI is InChI=1S/C12H12N2O4/c13-10(7-8-1-3-9(15)4-2-8)11(16)18-12-14-5-6-17-12/h1-6,10,15H,7,13H2/t10-/m0/s1. The molecule has 0 bridgehead atoms. The highest BCUT2D eigenvalue weighted by atomic mass is 16.6. The molecule has 2 rings (SSSR count). The zero-order valence-corrected chi connectivity index (χ0v) is 9.45. The van der Waals surface area contributed by atoms with E-state index in [1.807, 2.05) is 0 Å². The lowest BCUT2D eigenvalue weighted by molar-refractivity contribution is -0.137. The molecule has 6 heteroatoms. The maximum absolute atomic E-state index is 11.6. The summed E-state index contributed by atoms with van der Waals surface area (Å²) >= 11 is 0. The number of carbonyl (C=O) groups is 1. The van der Waals surface area contributed by atoms with Crippen molar-refractivity contribution in [2.45, 2.75) is 12.5 Å². The van der Waals surface area contributed by atoms with Crippen LogP contribution in [0.25, 0.3) is 0 Å². The highest BCUT2D eigenvalue weighted by Crippen LogP contribution is 2.12. The van der Waals surface area contributed by atoms with Crippen molar-refractivity contribution in [3.63, 3.8) is 0 Å². The van der Waals surface area contributed by atoms with Crippen molar-refractivity contribution in [2.24, 2.45) is 5.73 Å². The third kappa shape index (κ3) is 3.08. The minimum absolute atomic E-state index is 0.124. The number of benzene rings is 1. The Morgan fingerprint density at radius 3 is 2.78 bits per heavy atom. The molecule has 0 spiro atoms. The topological polar surface area (TPSA) is 98.6 Å². The van der Waals surface area contributed by atoms with Gasteiger partial charge in [0.2, 0.25) is 0 Å². The lowest BCUT2D eigenvalue weighted by Crippen LogP contribution is -2.36. The summed E-state index contributed by atoms with van der Waals surface area (Å²) in [5.74, 6) is -0.458. The average molecular weight is 248 g/mol. The smallest absolute Gasteiger partial charge is 0.401 e. The second-order valence-corrected chi connectivity index (χ2v) is 3.70. The first kappa shape index (κ1) is 12.1. The summed E-state index contributed by atoms with van der Waals surface area (Å²) in [6.45, 7) is 0. The zero-order valence-electron chi connectivity index (χ0n) is 9.45. The molecule has 0 aliphatic carbocycles. The molecule has 0 unspecified atom stereocenters. The molecule has 0 amide bonds. The summed E-state index contributed by atoms with van der Waals surface area (Å²) in [6, 6.07) is 5.62. The normalized spacial score (nSPS) is 12.1. The van der Waals surface area contributed by atoms with Crippen molar-refractivity contribution in [3.05, 3.63) is 42.3 Å². The van der Waals surface area contributed by atoms with E-state index in [4.69, 9.17) is 20.0 Å². The first-order valence-electron chi connectivity index (χ1n) is 5.30. The number of nitrogens with zero attached hydrogens (tertiary/aromatic N) is 1. The van der Waals surface area contributed by atoms with Crippen molar-refractivity contribution >= 4 is 5.97 Å². The van der Waals surface area contributed by atoms with Crippen molar-refractivity contribution in [1.82, 2.24) is 4.98 Å². The number of nitrogens with two attached hydrogens (primary N) is 1. The maximum Gasteiger partial charge on any atom is 0.401 e. The van der Waals surface area contributed by atoms with Crippen LogP contribution in [0.1, 0.15) is 5.56 Å². The number of aromatic nitrogens is 1. The lowest BCUT2D eigenvalue weighted by Gasteiger charge is -2.09. The van der Waals surface area contributed by atoms with Gasteiger partial charge in [0.1, 0.15) is 18.1 Å². The molecule has 0 saturated heterocycles. The van der Waals surface area contributed by atoms with Crippen LogP contribution in [-0.4, -0.2) is 22.1 Å². The fraction of sp³-hybridized carbons (Fsp3) is 0.167. The number of hydrogen-bond donors (Lipinski definition) is 2. The second kappa shape index (κ2) is 5.33. The van der Waals surface area contributed by atoms with E-state index in [9.17, 15) is 4.79 Å². The first-order chi connectivity index (χ1) is 8.65. The number of rotatable bonds is 4. The summed E-state index contributed by atoms with van der Waals surface area (Å²) < 4.78 is 9.60. The van der Waals surface area contributed by atoms with E-state index in [0.29, 0.717) is 6.42 Å². The van der Waals surface area contributed by atoms with Crippen LogP contribution in [0.4, 0.5) is 0 Å². The molecule has 0 aliphatic heterocycles. The number of aromatic hydroxyl groups is 1. The second-order valence-electron chi connectivity index (χ2n) is 3.70. The van der Waals surface area contributed by atoms with Gasteiger partial charge in [0.05, 0.1) is 6.20 Å². The Morgan fingerprint density at radius 1 is 1.44 bits per heavy atom. The van der Waals surface area contributed by atoms with Crippen LogP contribution in [-0.2, 0) is 11.2 Å². The summed E-state index contributed by atoms with van der Waals surface area (Å²) in [6.07, 6.45) is 2.85. The average Bonchev–Trinajstić information content (AvgIpc) is 2.85. The van der Waals surface area contributed by atoms with E-state index in [1.165, 1.54) is 24.6 Å². The largest absolute Gasteiger partial charge is 0.508 e. The number of esters is 1. The Hall–Kier alpha value is -2.34. The number of phenolic OH excluding ortho intramolecular Hbond substituents is 1. The SMILES string of the molecule is N[C@@H](Cc1ccc(O)cc1)C(=O)Oc1ncco1. The van der Waals surface area contributed by atoms with Crippen LogP contribution in [0.5, 0.6) is 11.8 Å². The molecular formula is C12H12N2O4. The van der Waals surface area contributed by atoms with Crippen LogP contribution >= 0.6 is 0 Å². The molecular weight excluding hydrogens is 236 g/mol. The van der Waals surface area contributed by atoms with Crippen LogP contribution in [0.15, 0.2) is 41.1 Å². The summed E-state index contributed by atoms with van der Waals surface area (Å²) in [5, 5.41) is 9.13. The van der Waals surface area contributed by atoms with Gasteiger partial charge in [-0.2, -0.15) is 4.98 Å². The van der Waals surface area contributed by atoms with Crippen LogP contribution in [0.3, 0.4) is 0 Å². The molecule has 94 valence electrons. The summed E-state index contributed by atoms with van der Waals surface area (Å²) in [4.78, 5) is 15.2. The maximum atomic E-state index is 11.6. The molecule has 0 fully saturated rings. The molecule has 1 aromatic carbocycles. The van der Waals surface area contributed by atoms with E-state index in [1.54, 1.807) is 12.1 Å². The predicted molar refractivity (Wildman–Crippen MR) is 61.9 cm³/mol. The van der Waals surface area contributed by atoms with E-state index in [2.05, 4.69) is 4.98 Å². The van der Waals surface area contributed by atoms with Crippen molar-refractivity contribution in [1.29, 1.82) is 0 Å². The zero-order chi connectivity index (χ0) is 13.0. The number of carbonyl (C=O) groups excluding carboxylic acids is 1. The van der Waals surface area contributed by atoms with E-state index in [-0.39, 0.29) is 11.8 Å². The van der Waals surface area contributed by atoms with Gasteiger partial charge in [0, 0.05) is 0 Å². The Labute approximate surface area is 103 Å². The van der Waals surface area contributed by atoms with E-state index in [0.717, 1.165) is 5.56 Å². The molecule has 0 radical (unpaired) electrons. The van der Waals surface area contributed by atoms with Gasteiger partial charge in [0.25, 0.3) is 0 Å². The number of oxazole rings is 1. The molecule has 1 aromatic heterocycles. The molecule has 1 atom stereocenters. The monoisotopic (exact) mass is 248 g/mol. The van der Waals surface area contributed by atoms with Gasteiger partial charge in [-0.25, -0.2) is 4.79 Å². The molecule has 6 nitrogen and oxygen atoms in total. The van der Waals surface area contributed by atoms with Crippen molar-refractivity contribution < 1.29 is 19.1 Å². The summed E-state index contributed by atoms with van der Waals surface area (Å²) in [5.41, 5.74) is 6.52. The van der Waals surface area contributed by atoms with Gasteiger partial charge in [-0.05, 0) is 24.1 Å². The third-order valence-electron chi connectivity index (χ3n) is 2.29. The Bertz CT molecular complexity index is 507. The molecule has 1 heterocycles. The first-order valence-corrected chi connectivity index (χ1v) is 5.30. The van der Waals surface area contributed by atoms with E-state index >= 15 is 0 Å². The van der Waals surface area contributed by atoms with Gasteiger partial charge >= 0.3 is 12.0 Å². The number of hydrogen-bond acceptors (Lipinski definition) is 6. The molecule has 3 N–H and O–H groups in total. The van der Waals surface area contributed by atoms with Gasteiger partial charge in [-0.3, -0.25) is 0 Å². The van der Waals surface area contributed by atoms with E-state index < -0.39 is 12.0 Å². The predicted octanol–water partition coefficient (Wildman–Crippen LogP) is 0.856. The quantitative estimate of drug-likeness (QED) is 0.778. The summed E-state index contributed by atoms with van der Waals surface area (Å²) in [7, 11) is 0. The fourth-order valence-corrected chi connectivity index (χ4v) is 1.39. The number of phenols is 1. The highest BCUT2D eigenvalue weighted by Gasteiger charge is 2.18. The van der Waals surface area contributed by atoms with Crippen LogP contribution in [0, 0.1) is 0 Å². The Kier molecular flexibility index (Phi) is 3.59. The van der Waals surface area contributed by atoms with Gasteiger partial charge < -0.3 is 20.0 Å². The highest BCUT2D eigenvalue weighted by molar-refractivity contribution is 5.77. The fourth-order valence-electron chi connectivity index (χ4n) is 1.39. The van der Waals surface area contributed by atoms with Gasteiger partial charge in [-0.1, -0.05) is 12.1 Å². The third-order valence-corrected chi connectivity index (χ3v) is 2.29. The minimum Gasteiger partial charge on any atom is -0.508 e. The molecule has 2 aromatic rings. The van der Waals surface area contributed by atoms with Crippen LogP contribution in [0.2, 0.25) is 0 Å². The van der Waals surface area contributed by atoms with Crippen LogP contribution < -0.4 is 10.5 Å². The van der Waals surface area contributed by atoms with Gasteiger partial charge in [-0.15, -0.1) is 0 Å². The molecule has 0 saturated carbocycles. The molecule has 0 aliphatic rings. The van der Waals surface area contributed by atoms with Crippen molar-refractivity contribution in [3.8, 4) is 11.8 Å². The number of ether oxygens (including phenoxy) is 1. The van der Waals surface area contributed by atoms with Crippen molar-refractivity contribution in [2.75, 3.05) is 0 Å². The van der Waals surface area contributed by atoms with Gasteiger partial charge in [0.15, 0.2) is 0 Å².